The quantitative estimate of drug-likeness (QED) is 0.651. The van der Waals surface area contributed by atoms with Gasteiger partial charge < -0.3 is 15.8 Å². The predicted octanol–water partition coefficient (Wildman–Crippen LogP) is 3.20. The van der Waals surface area contributed by atoms with Crippen LogP contribution in [0.5, 0.6) is 5.75 Å². The van der Waals surface area contributed by atoms with Crippen LogP contribution in [0.1, 0.15) is 13.8 Å². The molecule has 0 saturated carbocycles. The van der Waals surface area contributed by atoms with E-state index in [4.69, 9.17) is 5.73 Å². The number of hydrogen-bond acceptors (Lipinski definition) is 6. The summed E-state index contributed by atoms with van der Waals surface area (Å²) in [6, 6.07) is 12.3. The molecule has 0 fully saturated rings. The van der Waals surface area contributed by atoms with Crippen LogP contribution in [0.2, 0.25) is 0 Å². The lowest BCUT2D eigenvalue weighted by atomic mass is 10.1. The molecule has 0 radical (unpaired) electrons. The standard InChI is InChI=1S/C18H17F3N6O2/c1-17(2,16(22)28)27-25-15(24-26-27)13-5-3-4-6-14(13)23-11-7-9-12(10-8-11)29-18(19,20)21/h3-10,23H,1-2H3,(H2,22,28). The lowest BCUT2D eigenvalue weighted by molar-refractivity contribution is -0.274. The Labute approximate surface area is 163 Å². The number of primary amides is 1. The number of amides is 1. The van der Waals surface area contributed by atoms with Crippen LogP contribution in [0.3, 0.4) is 0 Å². The molecule has 1 heterocycles. The van der Waals surface area contributed by atoms with Gasteiger partial charge in [0.15, 0.2) is 5.54 Å². The Bertz CT molecular complexity index is 1010. The Balaban J connectivity index is 1.85. The normalized spacial score (nSPS) is 11.9. The number of nitrogens with zero attached hydrogens (tertiary/aromatic N) is 4. The van der Waals surface area contributed by atoms with Crippen LogP contribution in [-0.4, -0.2) is 32.5 Å². The van der Waals surface area contributed by atoms with Crippen molar-refractivity contribution in [3.8, 4) is 17.1 Å². The number of ether oxygens (including phenoxy) is 1. The van der Waals surface area contributed by atoms with E-state index in [9.17, 15) is 18.0 Å². The van der Waals surface area contributed by atoms with E-state index in [0.717, 1.165) is 4.80 Å². The van der Waals surface area contributed by atoms with Gasteiger partial charge >= 0.3 is 6.36 Å². The molecular weight excluding hydrogens is 389 g/mol. The average molecular weight is 406 g/mol. The van der Waals surface area contributed by atoms with Crippen LogP contribution in [0.4, 0.5) is 24.5 Å². The number of halogens is 3. The first kappa shape index (κ1) is 20.1. The number of benzene rings is 2. The lowest BCUT2D eigenvalue weighted by Crippen LogP contribution is -2.42. The third kappa shape index (κ3) is 4.62. The summed E-state index contributed by atoms with van der Waals surface area (Å²) in [5, 5.41) is 15.2. The molecule has 1 amide bonds. The molecule has 29 heavy (non-hydrogen) atoms. The molecule has 2 aromatic carbocycles. The van der Waals surface area contributed by atoms with Crippen LogP contribution in [-0.2, 0) is 10.3 Å². The first-order chi connectivity index (χ1) is 13.6. The minimum atomic E-state index is -4.75. The summed E-state index contributed by atoms with van der Waals surface area (Å²) in [5.41, 5.74) is 5.90. The number of rotatable bonds is 6. The molecule has 8 nitrogen and oxygen atoms in total. The maximum absolute atomic E-state index is 12.3. The molecule has 0 bridgehead atoms. The van der Waals surface area contributed by atoms with Crippen molar-refractivity contribution in [2.24, 2.45) is 5.73 Å². The number of carbonyl (C=O) groups is 1. The number of aromatic nitrogens is 4. The van der Waals surface area contributed by atoms with Gasteiger partial charge in [0.25, 0.3) is 0 Å². The van der Waals surface area contributed by atoms with Gasteiger partial charge in [-0.2, -0.15) is 0 Å². The van der Waals surface area contributed by atoms with E-state index >= 15 is 0 Å². The van der Waals surface area contributed by atoms with Gasteiger partial charge in [-0.15, -0.1) is 28.2 Å². The Morgan fingerprint density at radius 3 is 2.38 bits per heavy atom. The monoisotopic (exact) mass is 406 g/mol. The van der Waals surface area contributed by atoms with Gasteiger partial charge in [0.05, 0.1) is 0 Å². The maximum atomic E-state index is 12.3. The SMILES string of the molecule is CC(C)(C(N)=O)n1nnc(-c2ccccc2Nc2ccc(OC(F)(F)F)cc2)n1. The molecule has 0 aliphatic rings. The molecular formula is C18H17F3N6O2. The highest BCUT2D eigenvalue weighted by Crippen LogP contribution is 2.30. The molecule has 0 aliphatic carbocycles. The van der Waals surface area contributed by atoms with Crippen molar-refractivity contribution in [2.75, 3.05) is 5.32 Å². The number of carbonyl (C=O) groups excluding carboxylic acids is 1. The summed E-state index contributed by atoms with van der Waals surface area (Å²) in [4.78, 5) is 12.7. The first-order valence-electron chi connectivity index (χ1n) is 8.39. The van der Waals surface area contributed by atoms with Crippen molar-refractivity contribution >= 4 is 17.3 Å². The van der Waals surface area contributed by atoms with Gasteiger partial charge in [-0.1, -0.05) is 12.1 Å². The Hall–Kier alpha value is -3.63. The Morgan fingerprint density at radius 1 is 1.10 bits per heavy atom. The second-order valence-corrected chi connectivity index (χ2v) is 6.57. The molecule has 0 atom stereocenters. The molecule has 3 N–H and O–H groups in total. The number of hydrogen-bond donors (Lipinski definition) is 2. The fourth-order valence-corrected chi connectivity index (χ4v) is 2.34. The van der Waals surface area contributed by atoms with E-state index in [1.54, 1.807) is 38.1 Å². The highest BCUT2D eigenvalue weighted by Gasteiger charge is 2.31. The van der Waals surface area contributed by atoms with Gasteiger partial charge in [0, 0.05) is 16.9 Å². The van der Waals surface area contributed by atoms with E-state index in [1.165, 1.54) is 24.3 Å². The van der Waals surface area contributed by atoms with Crippen LogP contribution in [0.15, 0.2) is 48.5 Å². The van der Waals surface area contributed by atoms with Crippen molar-refractivity contribution in [1.82, 2.24) is 20.2 Å². The molecule has 152 valence electrons. The van der Waals surface area contributed by atoms with Crippen LogP contribution < -0.4 is 15.8 Å². The van der Waals surface area contributed by atoms with Crippen LogP contribution >= 0.6 is 0 Å². The number of nitrogens with two attached hydrogens (primary N) is 1. The van der Waals surface area contributed by atoms with E-state index in [-0.39, 0.29) is 11.6 Å². The van der Waals surface area contributed by atoms with E-state index < -0.39 is 17.8 Å². The maximum Gasteiger partial charge on any atom is 0.573 e. The second-order valence-electron chi connectivity index (χ2n) is 6.57. The van der Waals surface area contributed by atoms with Gasteiger partial charge in [0.1, 0.15) is 5.75 Å². The van der Waals surface area contributed by atoms with Crippen LogP contribution in [0.25, 0.3) is 11.4 Å². The summed E-state index contributed by atoms with van der Waals surface area (Å²) in [6.45, 7) is 3.13. The zero-order chi connectivity index (χ0) is 21.2. The highest BCUT2D eigenvalue weighted by molar-refractivity contribution is 5.81. The lowest BCUT2D eigenvalue weighted by Gasteiger charge is -2.17. The van der Waals surface area contributed by atoms with Crippen molar-refractivity contribution in [1.29, 1.82) is 0 Å². The van der Waals surface area contributed by atoms with Gasteiger partial charge in [-0.25, -0.2) is 0 Å². The number of nitrogens with one attached hydrogen (secondary N) is 1. The van der Waals surface area contributed by atoms with Crippen LogP contribution in [0, 0.1) is 0 Å². The number of anilines is 2. The number of tetrazole rings is 1. The van der Waals surface area contributed by atoms with Crippen molar-refractivity contribution in [3.63, 3.8) is 0 Å². The minimum absolute atomic E-state index is 0.249. The van der Waals surface area contributed by atoms with Crippen molar-refractivity contribution in [2.45, 2.75) is 25.7 Å². The van der Waals surface area contributed by atoms with Gasteiger partial charge in [0.2, 0.25) is 11.7 Å². The number of alkyl halides is 3. The summed E-state index contributed by atoms with van der Waals surface area (Å²) < 4.78 is 40.7. The molecule has 0 saturated heterocycles. The summed E-state index contributed by atoms with van der Waals surface area (Å²) in [5.74, 6) is -0.692. The smallest absolute Gasteiger partial charge is 0.406 e. The van der Waals surface area contributed by atoms with Crippen molar-refractivity contribution < 1.29 is 22.7 Å². The molecule has 0 unspecified atom stereocenters. The molecule has 11 heteroatoms. The molecule has 0 spiro atoms. The average Bonchev–Trinajstić information content (AvgIpc) is 3.13. The fourth-order valence-electron chi connectivity index (χ4n) is 2.34. The van der Waals surface area contributed by atoms with E-state index in [2.05, 4.69) is 25.5 Å². The van der Waals surface area contributed by atoms with Gasteiger partial charge in [-0.05, 0) is 55.5 Å². The minimum Gasteiger partial charge on any atom is -0.406 e. The number of para-hydroxylation sites is 1. The summed E-state index contributed by atoms with van der Waals surface area (Å²) in [7, 11) is 0. The predicted molar refractivity (Wildman–Crippen MR) is 98.2 cm³/mol. The van der Waals surface area contributed by atoms with E-state index in [0.29, 0.717) is 16.9 Å². The molecule has 0 aliphatic heterocycles. The Kier molecular flexibility index (Phi) is 5.14. The molecule has 1 aromatic heterocycles. The van der Waals surface area contributed by atoms with Crippen molar-refractivity contribution in [3.05, 3.63) is 48.5 Å². The molecule has 3 rings (SSSR count). The Morgan fingerprint density at radius 2 is 1.76 bits per heavy atom. The summed E-state index contributed by atoms with van der Waals surface area (Å²) in [6.07, 6.45) is -4.75. The summed E-state index contributed by atoms with van der Waals surface area (Å²) >= 11 is 0. The third-order valence-electron chi connectivity index (χ3n) is 4.05. The molecule has 3 aromatic rings. The second kappa shape index (κ2) is 7.41. The largest absolute Gasteiger partial charge is 0.573 e. The first-order valence-corrected chi connectivity index (χ1v) is 8.39. The van der Waals surface area contributed by atoms with Gasteiger partial charge in [-0.3, -0.25) is 4.79 Å². The fraction of sp³-hybridized carbons (Fsp3) is 0.222. The zero-order valence-corrected chi connectivity index (χ0v) is 15.4. The third-order valence-corrected chi connectivity index (χ3v) is 4.05. The highest BCUT2D eigenvalue weighted by atomic mass is 19.4. The topological polar surface area (TPSA) is 108 Å². The zero-order valence-electron chi connectivity index (χ0n) is 15.4. The van der Waals surface area contributed by atoms with E-state index in [1.807, 2.05) is 0 Å².